The van der Waals surface area contributed by atoms with E-state index in [-0.39, 0.29) is 0 Å². The zero-order valence-corrected chi connectivity index (χ0v) is 29.4. The average molecular weight is 593 g/mol. The molecule has 0 aromatic carbocycles. The predicted molar refractivity (Wildman–Crippen MR) is 188 cm³/mol. The van der Waals surface area contributed by atoms with Crippen LogP contribution in [-0.4, -0.2) is 25.4 Å². The SMILES string of the molecule is CCCCCCCCCCCCCCCCCCCC(OCCCCCCCCCCCCCCCCCC)C1CO1. The van der Waals surface area contributed by atoms with Crippen molar-refractivity contribution >= 4 is 0 Å². The Bertz CT molecular complexity index is 450. The molecule has 1 aliphatic rings. The number of ether oxygens (including phenoxy) is 2. The van der Waals surface area contributed by atoms with Gasteiger partial charge in [0.25, 0.3) is 0 Å². The van der Waals surface area contributed by atoms with Crippen LogP contribution in [0, 0.1) is 0 Å². The van der Waals surface area contributed by atoms with Gasteiger partial charge in [0.15, 0.2) is 0 Å². The highest BCUT2D eigenvalue weighted by atomic mass is 16.6. The van der Waals surface area contributed by atoms with Crippen molar-refractivity contribution in [1.29, 1.82) is 0 Å². The molecule has 0 bridgehead atoms. The first-order valence-electron chi connectivity index (χ1n) is 20.1. The lowest BCUT2D eigenvalue weighted by molar-refractivity contribution is 0.0240. The third-order valence-electron chi connectivity index (χ3n) is 9.70. The first-order chi connectivity index (χ1) is 20.9. The van der Waals surface area contributed by atoms with Crippen molar-refractivity contribution in [3.8, 4) is 0 Å². The van der Waals surface area contributed by atoms with E-state index >= 15 is 0 Å². The van der Waals surface area contributed by atoms with Gasteiger partial charge < -0.3 is 9.47 Å². The third-order valence-corrected chi connectivity index (χ3v) is 9.70. The fourth-order valence-corrected chi connectivity index (χ4v) is 6.60. The lowest BCUT2D eigenvalue weighted by atomic mass is 10.0. The van der Waals surface area contributed by atoms with Crippen molar-refractivity contribution in [3.05, 3.63) is 0 Å². The number of epoxide rings is 1. The molecule has 2 atom stereocenters. The molecule has 1 saturated heterocycles. The maximum absolute atomic E-state index is 6.29. The van der Waals surface area contributed by atoms with Gasteiger partial charge in [0.05, 0.1) is 12.7 Å². The minimum Gasteiger partial charge on any atom is -0.375 e. The molecule has 0 amide bonds. The van der Waals surface area contributed by atoms with Crippen LogP contribution in [0.15, 0.2) is 0 Å². The smallest absolute Gasteiger partial charge is 0.107 e. The van der Waals surface area contributed by atoms with E-state index in [4.69, 9.17) is 9.47 Å². The van der Waals surface area contributed by atoms with Crippen LogP contribution in [0.1, 0.15) is 232 Å². The van der Waals surface area contributed by atoms with Crippen LogP contribution in [0.2, 0.25) is 0 Å². The lowest BCUT2D eigenvalue weighted by Gasteiger charge is -2.16. The molecule has 0 spiro atoms. The molecule has 1 aliphatic heterocycles. The standard InChI is InChI=1S/C40H80O2/c1-3-5-7-9-11-13-15-17-19-21-22-24-26-28-30-32-34-36-39(40-38-42-40)41-37-35-33-31-29-27-25-23-20-18-16-14-12-10-8-6-4-2/h39-40H,3-38H2,1-2H3. The first kappa shape index (κ1) is 39.9. The average Bonchev–Trinajstić information content (AvgIpc) is 3.85. The lowest BCUT2D eigenvalue weighted by Crippen LogP contribution is -2.20. The van der Waals surface area contributed by atoms with Gasteiger partial charge in [0.1, 0.15) is 6.10 Å². The Morgan fingerprint density at radius 3 is 0.952 bits per heavy atom. The van der Waals surface area contributed by atoms with E-state index in [0.29, 0.717) is 12.2 Å². The molecule has 2 unspecified atom stereocenters. The van der Waals surface area contributed by atoms with Crippen molar-refractivity contribution in [1.82, 2.24) is 0 Å². The maximum atomic E-state index is 6.29. The normalized spacial score (nSPS) is 15.4. The zero-order valence-electron chi connectivity index (χ0n) is 29.4. The third kappa shape index (κ3) is 30.0. The first-order valence-corrected chi connectivity index (χ1v) is 20.1. The van der Waals surface area contributed by atoms with Gasteiger partial charge in [-0.3, -0.25) is 0 Å². The van der Waals surface area contributed by atoms with Crippen LogP contribution >= 0.6 is 0 Å². The topological polar surface area (TPSA) is 21.8 Å². The summed E-state index contributed by atoms with van der Waals surface area (Å²) < 4.78 is 11.9. The molecule has 0 aromatic rings. The molecule has 0 aromatic heterocycles. The quantitative estimate of drug-likeness (QED) is 0.0528. The Balaban J connectivity index is 1.76. The Morgan fingerprint density at radius 1 is 0.405 bits per heavy atom. The van der Waals surface area contributed by atoms with Crippen molar-refractivity contribution in [3.63, 3.8) is 0 Å². The number of hydrogen-bond acceptors (Lipinski definition) is 2. The molecule has 1 rings (SSSR count). The minimum atomic E-state index is 0.373. The molecular formula is C40H80O2. The summed E-state index contributed by atoms with van der Waals surface area (Å²) in [5.74, 6) is 0. The summed E-state index contributed by atoms with van der Waals surface area (Å²) in [5, 5.41) is 0. The summed E-state index contributed by atoms with van der Waals surface area (Å²) in [4.78, 5) is 0. The van der Waals surface area contributed by atoms with Crippen molar-refractivity contribution in [2.75, 3.05) is 13.2 Å². The van der Waals surface area contributed by atoms with Crippen molar-refractivity contribution in [2.24, 2.45) is 0 Å². The van der Waals surface area contributed by atoms with Gasteiger partial charge >= 0.3 is 0 Å². The van der Waals surface area contributed by atoms with Crippen LogP contribution in [0.4, 0.5) is 0 Å². The Morgan fingerprint density at radius 2 is 0.667 bits per heavy atom. The molecule has 1 fully saturated rings. The van der Waals surface area contributed by atoms with Gasteiger partial charge in [0, 0.05) is 6.61 Å². The highest BCUT2D eigenvalue weighted by molar-refractivity contribution is 4.80. The molecule has 0 saturated carbocycles. The second kappa shape index (κ2) is 33.8. The van der Waals surface area contributed by atoms with E-state index in [0.717, 1.165) is 13.2 Å². The van der Waals surface area contributed by atoms with E-state index in [9.17, 15) is 0 Å². The van der Waals surface area contributed by atoms with Crippen molar-refractivity contribution < 1.29 is 9.47 Å². The second-order valence-electron chi connectivity index (χ2n) is 14.0. The molecule has 0 radical (unpaired) electrons. The molecule has 252 valence electrons. The molecule has 42 heavy (non-hydrogen) atoms. The Labute approximate surface area is 266 Å². The van der Waals surface area contributed by atoms with Gasteiger partial charge in [-0.25, -0.2) is 0 Å². The van der Waals surface area contributed by atoms with E-state index in [2.05, 4.69) is 13.8 Å². The highest BCUT2D eigenvalue weighted by Crippen LogP contribution is 2.23. The van der Waals surface area contributed by atoms with Gasteiger partial charge in [-0.05, 0) is 12.8 Å². The minimum absolute atomic E-state index is 0.373. The van der Waals surface area contributed by atoms with E-state index in [1.165, 1.54) is 218 Å². The van der Waals surface area contributed by atoms with Crippen LogP contribution < -0.4 is 0 Å². The predicted octanol–water partition coefficient (Wildman–Crippen LogP) is 14.1. The summed E-state index contributed by atoms with van der Waals surface area (Å²) in [6.07, 6.45) is 49.3. The molecule has 2 nitrogen and oxygen atoms in total. The van der Waals surface area contributed by atoms with Gasteiger partial charge in [-0.2, -0.15) is 0 Å². The second-order valence-corrected chi connectivity index (χ2v) is 14.0. The van der Waals surface area contributed by atoms with Gasteiger partial charge in [-0.1, -0.05) is 219 Å². The van der Waals surface area contributed by atoms with Crippen LogP contribution in [0.3, 0.4) is 0 Å². The summed E-state index contributed by atoms with van der Waals surface area (Å²) in [6, 6.07) is 0. The summed E-state index contributed by atoms with van der Waals surface area (Å²) in [7, 11) is 0. The van der Waals surface area contributed by atoms with Crippen LogP contribution in [0.5, 0.6) is 0 Å². The summed E-state index contributed by atoms with van der Waals surface area (Å²) >= 11 is 0. The Kier molecular flexibility index (Phi) is 32.2. The summed E-state index contributed by atoms with van der Waals surface area (Å²) in [5.41, 5.74) is 0. The molecule has 1 heterocycles. The van der Waals surface area contributed by atoms with Crippen LogP contribution in [-0.2, 0) is 9.47 Å². The monoisotopic (exact) mass is 593 g/mol. The molecule has 0 aliphatic carbocycles. The van der Waals surface area contributed by atoms with Crippen molar-refractivity contribution in [2.45, 2.75) is 244 Å². The largest absolute Gasteiger partial charge is 0.375 e. The van der Waals surface area contributed by atoms with E-state index < -0.39 is 0 Å². The fraction of sp³-hybridized carbons (Fsp3) is 1.00. The van der Waals surface area contributed by atoms with E-state index in [1.807, 2.05) is 0 Å². The van der Waals surface area contributed by atoms with Gasteiger partial charge in [0.2, 0.25) is 0 Å². The summed E-state index contributed by atoms with van der Waals surface area (Å²) in [6.45, 7) is 6.49. The van der Waals surface area contributed by atoms with Gasteiger partial charge in [-0.15, -0.1) is 0 Å². The number of unbranched alkanes of at least 4 members (excludes halogenated alkanes) is 31. The van der Waals surface area contributed by atoms with Crippen LogP contribution in [0.25, 0.3) is 0 Å². The number of hydrogen-bond donors (Lipinski definition) is 0. The maximum Gasteiger partial charge on any atom is 0.107 e. The fourth-order valence-electron chi connectivity index (χ4n) is 6.60. The molecular weight excluding hydrogens is 512 g/mol. The number of rotatable bonds is 37. The molecule has 2 heteroatoms. The zero-order chi connectivity index (χ0) is 30.0. The van der Waals surface area contributed by atoms with E-state index in [1.54, 1.807) is 0 Å². The highest BCUT2D eigenvalue weighted by Gasteiger charge is 2.32. The Hall–Kier alpha value is -0.0800. The molecule has 0 N–H and O–H groups in total.